The summed E-state index contributed by atoms with van der Waals surface area (Å²) in [6.45, 7) is 0.597. The van der Waals surface area contributed by atoms with Gasteiger partial charge in [0.05, 0.1) is 18.7 Å². The molecule has 0 saturated carbocycles. The summed E-state index contributed by atoms with van der Waals surface area (Å²) in [4.78, 5) is 15.8. The molecule has 128 valence electrons. The van der Waals surface area contributed by atoms with E-state index in [1.807, 2.05) is 54.7 Å². The van der Waals surface area contributed by atoms with Gasteiger partial charge >= 0.3 is 0 Å². The molecule has 1 amide bonds. The van der Waals surface area contributed by atoms with Gasteiger partial charge in [-0.15, -0.1) is 0 Å². The highest BCUT2D eigenvalue weighted by atomic mass is 16.5. The Balaban J connectivity index is 1.46. The highest BCUT2D eigenvalue weighted by Crippen LogP contribution is 2.31. The quantitative estimate of drug-likeness (QED) is 0.686. The van der Waals surface area contributed by atoms with Crippen molar-refractivity contribution in [3.8, 4) is 5.75 Å². The van der Waals surface area contributed by atoms with E-state index in [4.69, 9.17) is 10.5 Å². The van der Waals surface area contributed by atoms with E-state index < -0.39 is 6.04 Å². The Labute approximate surface area is 146 Å². The van der Waals surface area contributed by atoms with Crippen LogP contribution in [0.3, 0.4) is 0 Å². The molecule has 5 heteroatoms. The topological polar surface area (TPSA) is 80.1 Å². The first kappa shape index (κ1) is 15.7. The first-order valence-electron chi connectivity index (χ1n) is 8.55. The Kier molecular flexibility index (Phi) is 4.15. The molecule has 2 heterocycles. The molecule has 0 aliphatic carbocycles. The zero-order valence-corrected chi connectivity index (χ0v) is 13.9. The minimum Gasteiger partial charge on any atom is -0.493 e. The molecule has 5 nitrogen and oxygen atoms in total. The normalized spacial score (nSPS) is 17.6. The van der Waals surface area contributed by atoms with Crippen LogP contribution >= 0.6 is 0 Å². The fourth-order valence-electron chi connectivity index (χ4n) is 3.40. The lowest BCUT2D eigenvalue weighted by atomic mass is 9.99. The first-order chi connectivity index (χ1) is 12.2. The summed E-state index contributed by atoms with van der Waals surface area (Å²) in [7, 11) is 0. The van der Waals surface area contributed by atoms with Gasteiger partial charge in [0.2, 0.25) is 5.91 Å². The maximum Gasteiger partial charge on any atom is 0.237 e. The molecule has 1 unspecified atom stereocenters. The minimum absolute atomic E-state index is 0.0496. The van der Waals surface area contributed by atoms with Crippen LogP contribution in [-0.2, 0) is 11.2 Å². The number of hydrogen-bond donors (Lipinski definition) is 3. The zero-order valence-electron chi connectivity index (χ0n) is 13.9. The van der Waals surface area contributed by atoms with Crippen molar-refractivity contribution in [3.63, 3.8) is 0 Å². The van der Waals surface area contributed by atoms with Crippen LogP contribution in [0.4, 0.5) is 0 Å². The number of para-hydroxylation sites is 2. The third kappa shape index (κ3) is 3.10. The third-order valence-electron chi connectivity index (χ3n) is 4.73. The number of aromatic nitrogens is 1. The number of nitrogens with one attached hydrogen (secondary N) is 2. The van der Waals surface area contributed by atoms with Crippen LogP contribution < -0.4 is 15.8 Å². The van der Waals surface area contributed by atoms with Crippen LogP contribution in [0, 0.1) is 0 Å². The number of benzene rings is 2. The lowest BCUT2D eigenvalue weighted by Crippen LogP contribution is -2.44. The van der Waals surface area contributed by atoms with Crippen molar-refractivity contribution in [2.45, 2.75) is 24.9 Å². The summed E-state index contributed by atoms with van der Waals surface area (Å²) in [5.74, 6) is 0.705. The van der Waals surface area contributed by atoms with E-state index in [0.717, 1.165) is 34.2 Å². The summed E-state index contributed by atoms with van der Waals surface area (Å²) < 4.78 is 5.64. The molecule has 1 aromatic heterocycles. The van der Waals surface area contributed by atoms with E-state index in [0.29, 0.717) is 13.0 Å². The molecule has 0 radical (unpaired) electrons. The third-order valence-corrected chi connectivity index (χ3v) is 4.73. The van der Waals surface area contributed by atoms with Gasteiger partial charge in [-0.25, -0.2) is 0 Å². The Morgan fingerprint density at radius 1 is 1.24 bits per heavy atom. The van der Waals surface area contributed by atoms with Crippen LogP contribution in [0.1, 0.15) is 23.6 Å². The maximum atomic E-state index is 12.6. The number of carbonyl (C=O) groups excluding carboxylic acids is 1. The Hall–Kier alpha value is -2.79. The first-order valence-corrected chi connectivity index (χ1v) is 8.55. The van der Waals surface area contributed by atoms with Crippen LogP contribution in [-0.4, -0.2) is 23.5 Å². The number of H-pyrrole nitrogens is 1. The maximum absolute atomic E-state index is 12.6. The average Bonchev–Trinajstić information content (AvgIpc) is 3.05. The SMILES string of the molecule is N[C@@H](Cc1c[nH]c2ccccc12)C(=O)NC1CCOc2ccccc21. The zero-order chi connectivity index (χ0) is 17.2. The number of amides is 1. The molecule has 0 fully saturated rings. The molecule has 1 aliphatic heterocycles. The van der Waals surface area contributed by atoms with Crippen molar-refractivity contribution in [2.75, 3.05) is 6.61 Å². The molecule has 0 bridgehead atoms. The number of hydrogen-bond acceptors (Lipinski definition) is 3. The van der Waals surface area contributed by atoms with E-state index in [1.165, 1.54) is 0 Å². The summed E-state index contributed by atoms with van der Waals surface area (Å²) in [6.07, 6.45) is 3.19. The van der Waals surface area contributed by atoms with Crippen molar-refractivity contribution in [2.24, 2.45) is 5.73 Å². The van der Waals surface area contributed by atoms with E-state index in [1.54, 1.807) is 0 Å². The van der Waals surface area contributed by atoms with Crippen molar-refractivity contribution < 1.29 is 9.53 Å². The van der Waals surface area contributed by atoms with Gasteiger partial charge in [-0.2, -0.15) is 0 Å². The Morgan fingerprint density at radius 3 is 2.96 bits per heavy atom. The van der Waals surface area contributed by atoms with Crippen LogP contribution in [0.15, 0.2) is 54.7 Å². The molecule has 0 spiro atoms. The molecule has 2 aromatic carbocycles. The number of rotatable bonds is 4. The molecule has 0 saturated heterocycles. The summed E-state index contributed by atoms with van der Waals surface area (Å²) in [5.41, 5.74) is 9.31. The van der Waals surface area contributed by atoms with E-state index in [-0.39, 0.29) is 11.9 Å². The van der Waals surface area contributed by atoms with E-state index in [2.05, 4.69) is 10.3 Å². The van der Waals surface area contributed by atoms with Gasteiger partial charge in [0.15, 0.2) is 0 Å². The number of carbonyl (C=O) groups is 1. The number of fused-ring (bicyclic) bond motifs is 2. The highest BCUT2D eigenvalue weighted by Gasteiger charge is 2.25. The molecule has 4 rings (SSSR count). The Bertz CT molecular complexity index is 903. The van der Waals surface area contributed by atoms with Crippen molar-refractivity contribution in [3.05, 3.63) is 65.9 Å². The minimum atomic E-state index is -0.589. The van der Waals surface area contributed by atoms with Crippen molar-refractivity contribution in [1.82, 2.24) is 10.3 Å². The van der Waals surface area contributed by atoms with Gasteiger partial charge < -0.3 is 20.8 Å². The smallest absolute Gasteiger partial charge is 0.237 e. The lowest BCUT2D eigenvalue weighted by molar-refractivity contribution is -0.123. The molecule has 3 aromatic rings. The molecular formula is C20H21N3O2. The van der Waals surface area contributed by atoms with Crippen molar-refractivity contribution in [1.29, 1.82) is 0 Å². The Morgan fingerprint density at radius 2 is 2.04 bits per heavy atom. The van der Waals surface area contributed by atoms with Crippen LogP contribution in [0.2, 0.25) is 0 Å². The molecular weight excluding hydrogens is 314 g/mol. The van der Waals surface area contributed by atoms with Gasteiger partial charge in [0.1, 0.15) is 5.75 Å². The van der Waals surface area contributed by atoms with Crippen molar-refractivity contribution >= 4 is 16.8 Å². The fraction of sp³-hybridized carbons (Fsp3) is 0.250. The fourth-order valence-corrected chi connectivity index (χ4v) is 3.40. The van der Waals surface area contributed by atoms with Crippen LogP contribution in [0.25, 0.3) is 10.9 Å². The number of aromatic amines is 1. The molecule has 1 aliphatic rings. The standard InChI is InChI=1S/C20H21N3O2/c21-16(11-13-12-22-17-7-3-1-5-14(13)17)20(24)23-18-9-10-25-19-8-4-2-6-15(18)19/h1-8,12,16,18,22H,9-11,21H2,(H,23,24)/t16-,18?/m0/s1. The lowest BCUT2D eigenvalue weighted by Gasteiger charge is -2.27. The molecule has 4 N–H and O–H groups in total. The molecule has 25 heavy (non-hydrogen) atoms. The summed E-state index contributed by atoms with van der Waals surface area (Å²) in [6, 6.07) is 15.2. The summed E-state index contributed by atoms with van der Waals surface area (Å²) in [5, 5.41) is 4.19. The highest BCUT2D eigenvalue weighted by molar-refractivity contribution is 5.86. The second-order valence-corrected chi connectivity index (χ2v) is 6.41. The molecule has 2 atom stereocenters. The average molecular weight is 335 g/mol. The predicted molar refractivity (Wildman–Crippen MR) is 97.4 cm³/mol. The predicted octanol–water partition coefficient (Wildman–Crippen LogP) is 2.68. The van der Waals surface area contributed by atoms with Gasteiger partial charge in [0.25, 0.3) is 0 Å². The number of nitrogens with two attached hydrogens (primary N) is 1. The van der Waals surface area contributed by atoms with E-state index >= 15 is 0 Å². The van der Waals surface area contributed by atoms with E-state index in [9.17, 15) is 4.79 Å². The second-order valence-electron chi connectivity index (χ2n) is 6.41. The number of ether oxygens (including phenoxy) is 1. The van der Waals surface area contributed by atoms with Crippen LogP contribution in [0.5, 0.6) is 5.75 Å². The van der Waals surface area contributed by atoms with Gasteiger partial charge in [-0.05, 0) is 24.1 Å². The van der Waals surface area contributed by atoms with Gasteiger partial charge in [-0.1, -0.05) is 36.4 Å². The van der Waals surface area contributed by atoms with Gasteiger partial charge in [0, 0.05) is 29.1 Å². The second kappa shape index (κ2) is 6.61. The largest absolute Gasteiger partial charge is 0.493 e. The monoisotopic (exact) mass is 335 g/mol. The summed E-state index contributed by atoms with van der Waals surface area (Å²) >= 11 is 0. The van der Waals surface area contributed by atoms with Gasteiger partial charge in [-0.3, -0.25) is 4.79 Å².